The van der Waals surface area contributed by atoms with Crippen molar-refractivity contribution in [1.29, 1.82) is 0 Å². The van der Waals surface area contributed by atoms with Gasteiger partial charge in [-0.25, -0.2) is 9.79 Å². The van der Waals surface area contributed by atoms with Crippen molar-refractivity contribution in [3.8, 4) is 0 Å². The number of amides is 2. The number of carbonyl (C=O) groups excluding carboxylic acids is 3. The Kier molecular flexibility index (Phi) is 5.61. The smallest absolute Gasteiger partial charge is 0.337 e. The van der Waals surface area contributed by atoms with Gasteiger partial charge in [0.25, 0.3) is 0 Å². The van der Waals surface area contributed by atoms with Crippen molar-refractivity contribution in [3.63, 3.8) is 0 Å². The van der Waals surface area contributed by atoms with Crippen LogP contribution in [0.15, 0.2) is 28.8 Å². The molecular formula is C16H19N3O4S. The molecule has 1 unspecified atom stereocenters. The standard InChI is InChI=1S/C16H19N3O4S/c1-9(2)7-17-13(20)8-19-14(21)11-5-4-10(15(22)23-3)6-12(11)18-16(19)24/h4-6,9,11H,7-8H2,1-3H3,(H,17,20). The summed E-state index contributed by atoms with van der Waals surface area (Å²) in [5, 5.41) is 2.76. The Morgan fingerprint density at radius 3 is 2.79 bits per heavy atom. The van der Waals surface area contributed by atoms with Crippen LogP contribution in [0, 0.1) is 11.8 Å². The Hall–Kier alpha value is -2.35. The molecule has 0 saturated carbocycles. The van der Waals surface area contributed by atoms with Gasteiger partial charge in [0, 0.05) is 6.54 Å². The van der Waals surface area contributed by atoms with Crippen LogP contribution in [0.25, 0.3) is 0 Å². The van der Waals surface area contributed by atoms with E-state index in [1.165, 1.54) is 24.2 Å². The molecule has 0 fully saturated rings. The lowest BCUT2D eigenvalue weighted by molar-refractivity contribution is -0.135. The molecule has 2 amide bonds. The summed E-state index contributed by atoms with van der Waals surface area (Å²) in [5.74, 6) is -1.47. The highest BCUT2D eigenvalue weighted by Crippen LogP contribution is 2.22. The second-order valence-corrected chi connectivity index (χ2v) is 6.23. The van der Waals surface area contributed by atoms with Gasteiger partial charge in [-0.2, -0.15) is 0 Å². The summed E-state index contributed by atoms with van der Waals surface area (Å²) in [5.41, 5.74) is 0.679. The van der Waals surface area contributed by atoms with Gasteiger partial charge in [-0.1, -0.05) is 26.0 Å². The van der Waals surface area contributed by atoms with E-state index in [2.05, 4.69) is 15.0 Å². The monoisotopic (exact) mass is 349 g/mol. The van der Waals surface area contributed by atoms with Gasteiger partial charge in [-0.05, 0) is 24.2 Å². The van der Waals surface area contributed by atoms with Crippen LogP contribution in [0.2, 0.25) is 0 Å². The van der Waals surface area contributed by atoms with E-state index in [1.54, 1.807) is 6.08 Å². The van der Waals surface area contributed by atoms with Crippen LogP contribution in [-0.2, 0) is 19.1 Å². The van der Waals surface area contributed by atoms with E-state index in [4.69, 9.17) is 12.2 Å². The molecule has 0 aromatic rings. The molecular weight excluding hydrogens is 330 g/mol. The number of rotatable bonds is 5. The van der Waals surface area contributed by atoms with Crippen molar-refractivity contribution in [2.24, 2.45) is 16.8 Å². The van der Waals surface area contributed by atoms with Crippen LogP contribution in [0.4, 0.5) is 0 Å². The van der Waals surface area contributed by atoms with Crippen LogP contribution in [0.5, 0.6) is 0 Å². The Bertz CT molecular complexity index is 679. The third-order valence-corrected chi connectivity index (χ3v) is 3.82. The fraction of sp³-hybridized carbons (Fsp3) is 0.438. The van der Waals surface area contributed by atoms with E-state index in [0.717, 1.165) is 0 Å². The number of esters is 1. The molecule has 8 heteroatoms. The first-order valence-electron chi connectivity index (χ1n) is 7.52. The fourth-order valence-corrected chi connectivity index (χ4v) is 2.51. The van der Waals surface area contributed by atoms with Gasteiger partial charge in [0.1, 0.15) is 6.54 Å². The molecule has 1 aliphatic carbocycles. The minimum absolute atomic E-state index is 0.0155. The van der Waals surface area contributed by atoms with E-state index < -0.39 is 11.9 Å². The molecule has 1 atom stereocenters. The van der Waals surface area contributed by atoms with Crippen LogP contribution in [-0.4, -0.2) is 53.7 Å². The van der Waals surface area contributed by atoms with Crippen molar-refractivity contribution in [1.82, 2.24) is 10.2 Å². The van der Waals surface area contributed by atoms with E-state index in [0.29, 0.717) is 23.7 Å². The van der Waals surface area contributed by atoms with Crippen molar-refractivity contribution < 1.29 is 19.1 Å². The van der Waals surface area contributed by atoms with E-state index >= 15 is 0 Å². The number of carbonyl (C=O) groups is 3. The Morgan fingerprint density at radius 1 is 1.46 bits per heavy atom. The molecule has 2 rings (SSSR count). The highest BCUT2D eigenvalue weighted by Gasteiger charge is 2.36. The third-order valence-electron chi connectivity index (χ3n) is 3.51. The number of thiocarbonyl (C=S) groups is 1. The SMILES string of the molecule is COC(=O)C1=CC2=NC(=S)N(CC(=O)NCC(C)C)C(=O)C2C=C1. The second-order valence-electron chi connectivity index (χ2n) is 5.87. The van der Waals surface area contributed by atoms with Gasteiger partial charge in [-0.3, -0.25) is 14.5 Å². The summed E-state index contributed by atoms with van der Waals surface area (Å²) >= 11 is 5.13. The molecule has 0 radical (unpaired) electrons. The fourth-order valence-electron chi connectivity index (χ4n) is 2.25. The molecule has 1 heterocycles. The largest absolute Gasteiger partial charge is 0.465 e. The molecule has 24 heavy (non-hydrogen) atoms. The first kappa shape index (κ1) is 18.0. The number of hydrogen-bond acceptors (Lipinski definition) is 5. The lowest BCUT2D eigenvalue weighted by atomic mass is 9.92. The minimum atomic E-state index is -0.650. The maximum absolute atomic E-state index is 12.6. The average Bonchev–Trinajstić information content (AvgIpc) is 2.55. The minimum Gasteiger partial charge on any atom is -0.465 e. The van der Waals surface area contributed by atoms with Gasteiger partial charge >= 0.3 is 5.97 Å². The molecule has 0 spiro atoms. The molecule has 0 bridgehead atoms. The predicted molar refractivity (Wildman–Crippen MR) is 92.3 cm³/mol. The average molecular weight is 349 g/mol. The normalized spacial score (nSPS) is 19.7. The zero-order chi connectivity index (χ0) is 17.9. The number of aliphatic imine (C=N–C) groups is 1. The summed E-state index contributed by atoms with van der Waals surface area (Å²) in [6, 6.07) is 0. The van der Waals surface area contributed by atoms with Crippen molar-refractivity contribution >= 4 is 40.8 Å². The summed E-state index contributed by atoms with van der Waals surface area (Å²) in [6.45, 7) is 4.31. The Labute approximate surface area is 145 Å². The molecule has 0 aromatic heterocycles. The molecule has 2 aliphatic rings. The second kappa shape index (κ2) is 7.48. The van der Waals surface area contributed by atoms with E-state index in [1.807, 2.05) is 13.8 Å². The van der Waals surface area contributed by atoms with E-state index in [9.17, 15) is 14.4 Å². The van der Waals surface area contributed by atoms with Crippen LogP contribution in [0.3, 0.4) is 0 Å². The quantitative estimate of drug-likeness (QED) is 0.580. The van der Waals surface area contributed by atoms with Crippen LogP contribution >= 0.6 is 12.2 Å². The number of allylic oxidation sites excluding steroid dienone is 1. The number of nitrogens with one attached hydrogen (secondary N) is 1. The summed E-state index contributed by atoms with van der Waals surface area (Å²) in [4.78, 5) is 41.4. The molecule has 1 aliphatic heterocycles. The predicted octanol–water partition coefficient (Wildman–Crippen LogP) is 0.612. The first-order valence-corrected chi connectivity index (χ1v) is 7.93. The zero-order valence-corrected chi connectivity index (χ0v) is 14.6. The zero-order valence-electron chi connectivity index (χ0n) is 13.7. The van der Waals surface area contributed by atoms with Crippen molar-refractivity contribution in [2.75, 3.05) is 20.2 Å². The van der Waals surface area contributed by atoms with Crippen molar-refractivity contribution in [2.45, 2.75) is 13.8 Å². The Morgan fingerprint density at radius 2 is 2.17 bits per heavy atom. The lowest BCUT2D eigenvalue weighted by Crippen LogP contribution is -2.50. The molecule has 1 N–H and O–H groups in total. The number of nitrogens with zero attached hydrogens (tertiary/aromatic N) is 2. The Balaban J connectivity index is 2.14. The summed E-state index contributed by atoms with van der Waals surface area (Å²) in [6.07, 6.45) is 4.56. The maximum atomic E-state index is 12.6. The summed E-state index contributed by atoms with van der Waals surface area (Å²) in [7, 11) is 1.28. The topological polar surface area (TPSA) is 88.1 Å². The van der Waals surface area contributed by atoms with Crippen LogP contribution in [0.1, 0.15) is 13.8 Å². The third kappa shape index (κ3) is 3.94. The van der Waals surface area contributed by atoms with E-state index in [-0.39, 0.29) is 23.5 Å². The molecule has 7 nitrogen and oxygen atoms in total. The number of methoxy groups -OCH3 is 1. The molecule has 0 saturated heterocycles. The van der Waals surface area contributed by atoms with Gasteiger partial charge in [-0.15, -0.1) is 0 Å². The lowest BCUT2D eigenvalue weighted by Gasteiger charge is -2.30. The maximum Gasteiger partial charge on any atom is 0.337 e. The van der Waals surface area contributed by atoms with Gasteiger partial charge in [0.15, 0.2) is 0 Å². The highest BCUT2D eigenvalue weighted by atomic mass is 32.1. The van der Waals surface area contributed by atoms with Crippen molar-refractivity contribution in [3.05, 3.63) is 23.8 Å². The number of ether oxygens (including phenoxy) is 1. The number of fused-ring (bicyclic) bond motifs is 1. The van der Waals surface area contributed by atoms with Crippen LogP contribution < -0.4 is 5.32 Å². The molecule has 0 aromatic carbocycles. The first-order chi connectivity index (χ1) is 11.3. The van der Waals surface area contributed by atoms with Gasteiger partial charge < -0.3 is 10.1 Å². The molecule has 128 valence electrons. The van der Waals surface area contributed by atoms with Gasteiger partial charge in [0.2, 0.25) is 16.9 Å². The number of hydrogen-bond donors (Lipinski definition) is 1. The highest BCUT2D eigenvalue weighted by molar-refractivity contribution is 7.80. The summed E-state index contributed by atoms with van der Waals surface area (Å²) < 4.78 is 4.65. The van der Waals surface area contributed by atoms with Gasteiger partial charge in [0.05, 0.1) is 24.3 Å².